The number of hydrogen-bond donors (Lipinski definition) is 1. The van der Waals surface area contributed by atoms with E-state index in [1.54, 1.807) is 41.3 Å². The van der Waals surface area contributed by atoms with Gasteiger partial charge in [-0.25, -0.2) is 18.1 Å². The van der Waals surface area contributed by atoms with Crippen LogP contribution in [0.2, 0.25) is 0 Å². The second kappa shape index (κ2) is 10.2. The number of carbonyl (C=O) groups is 1. The summed E-state index contributed by atoms with van der Waals surface area (Å²) >= 11 is 4.32. The first-order chi connectivity index (χ1) is 15.6. The standard InChI is InChI=1S/C20H15BrF2N4O4S2/c1-33(29,30)26-18(28)16-17(21)32-20(25-16)27(14-7-5-12(10-24)6-8-14)11-13-3-2-4-15(9-13)31-19(22)23/h2-9,19H,11H2,1H3,(H,26,28). The maximum Gasteiger partial charge on any atom is 0.387 e. The highest BCUT2D eigenvalue weighted by Gasteiger charge is 2.23. The average molecular weight is 557 g/mol. The Kier molecular flexibility index (Phi) is 7.62. The number of nitrogens with one attached hydrogen (secondary N) is 1. The number of alkyl halides is 2. The number of thiazole rings is 1. The number of aromatic nitrogens is 1. The molecule has 0 bridgehead atoms. The molecule has 3 rings (SSSR count). The van der Waals surface area contributed by atoms with Gasteiger partial charge < -0.3 is 9.64 Å². The number of hydrogen-bond acceptors (Lipinski definition) is 8. The van der Waals surface area contributed by atoms with E-state index in [9.17, 15) is 22.0 Å². The van der Waals surface area contributed by atoms with Gasteiger partial charge in [0.1, 0.15) is 9.54 Å². The Morgan fingerprint density at radius 2 is 2.00 bits per heavy atom. The number of ether oxygens (including phenoxy) is 1. The van der Waals surface area contributed by atoms with Gasteiger partial charge in [-0.1, -0.05) is 23.5 Å². The zero-order valence-corrected chi connectivity index (χ0v) is 20.0. The molecular formula is C20H15BrF2N4O4S2. The van der Waals surface area contributed by atoms with Crippen molar-refractivity contribution in [2.45, 2.75) is 13.2 Å². The van der Waals surface area contributed by atoms with Gasteiger partial charge in [-0.05, 0) is 57.9 Å². The third kappa shape index (κ3) is 6.70. The minimum absolute atomic E-state index is 0.0178. The zero-order chi connectivity index (χ0) is 24.2. The van der Waals surface area contributed by atoms with Crippen LogP contribution < -0.4 is 14.4 Å². The lowest BCUT2D eigenvalue weighted by atomic mass is 10.1. The van der Waals surface area contributed by atoms with E-state index in [1.807, 2.05) is 10.8 Å². The summed E-state index contributed by atoms with van der Waals surface area (Å²) in [5, 5.41) is 9.39. The van der Waals surface area contributed by atoms with E-state index < -0.39 is 22.5 Å². The second-order valence-electron chi connectivity index (χ2n) is 6.59. The van der Waals surface area contributed by atoms with Crippen LogP contribution in [0.1, 0.15) is 21.6 Å². The summed E-state index contributed by atoms with van der Waals surface area (Å²) in [4.78, 5) is 18.3. The molecule has 0 saturated carbocycles. The molecule has 1 aromatic heterocycles. The summed E-state index contributed by atoms with van der Waals surface area (Å²) in [5.41, 5.74) is 1.50. The van der Waals surface area contributed by atoms with Crippen LogP contribution in [0.4, 0.5) is 19.6 Å². The molecule has 0 fully saturated rings. The van der Waals surface area contributed by atoms with Gasteiger partial charge in [0, 0.05) is 5.69 Å². The van der Waals surface area contributed by atoms with Crippen molar-refractivity contribution in [3.8, 4) is 11.8 Å². The van der Waals surface area contributed by atoms with Crippen molar-refractivity contribution in [3.63, 3.8) is 0 Å². The number of anilines is 2. The predicted octanol–water partition coefficient (Wildman–Crippen LogP) is 4.41. The molecule has 0 spiro atoms. The lowest BCUT2D eigenvalue weighted by molar-refractivity contribution is -0.0498. The molecule has 0 radical (unpaired) electrons. The van der Waals surface area contributed by atoms with Gasteiger partial charge in [0.25, 0.3) is 5.91 Å². The zero-order valence-electron chi connectivity index (χ0n) is 16.8. The number of carbonyl (C=O) groups excluding carboxylic acids is 1. The minimum Gasteiger partial charge on any atom is -0.435 e. The molecule has 0 atom stereocenters. The summed E-state index contributed by atoms with van der Waals surface area (Å²) in [7, 11) is -3.80. The molecule has 0 saturated heterocycles. The highest BCUT2D eigenvalue weighted by Crippen LogP contribution is 2.36. The SMILES string of the molecule is CS(=O)(=O)NC(=O)c1nc(N(Cc2cccc(OC(F)F)c2)c2ccc(C#N)cc2)sc1Br. The molecular weight excluding hydrogens is 542 g/mol. The number of nitrogens with zero attached hydrogens (tertiary/aromatic N) is 3. The largest absolute Gasteiger partial charge is 0.435 e. The molecule has 0 unspecified atom stereocenters. The fourth-order valence-electron chi connectivity index (χ4n) is 2.75. The van der Waals surface area contributed by atoms with Gasteiger partial charge in [-0.3, -0.25) is 4.79 Å². The molecule has 8 nitrogen and oxygen atoms in total. The molecule has 1 N–H and O–H groups in total. The van der Waals surface area contributed by atoms with E-state index in [2.05, 4.69) is 25.7 Å². The van der Waals surface area contributed by atoms with Crippen LogP contribution in [0.25, 0.3) is 0 Å². The van der Waals surface area contributed by atoms with E-state index in [-0.39, 0.29) is 18.0 Å². The average Bonchev–Trinajstić information content (AvgIpc) is 3.12. The summed E-state index contributed by atoms with van der Waals surface area (Å²) in [5.74, 6) is -0.921. The molecule has 1 amide bonds. The Balaban J connectivity index is 2.00. The molecule has 13 heteroatoms. The smallest absolute Gasteiger partial charge is 0.387 e. The second-order valence-corrected chi connectivity index (χ2v) is 10.6. The molecule has 33 heavy (non-hydrogen) atoms. The third-order valence-corrected chi connectivity index (χ3v) is 6.36. The fraction of sp³-hybridized carbons (Fsp3) is 0.150. The number of benzene rings is 2. The number of amides is 1. The van der Waals surface area contributed by atoms with E-state index in [0.29, 0.717) is 25.7 Å². The van der Waals surface area contributed by atoms with Crippen LogP contribution in [-0.2, 0) is 16.6 Å². The lowest BCUT2D eigenvalue weighted by Gasteiger charge is -2.22. The molecule has 0 aliphatic carbocycles. The maximum atomic E-state index is 12.6. The van der Waals surface area contributed by atoms with Gasteiger partial charge in [0.2, 0.25) is 10.0 Å². The Morgan fingerprint density at radius 3 is 2.61 bits per heavy atom. The number of nitriles is 1. The van der Waals surface area contributed by atoms with Crippen LogP contribution in [0.15, 0.2) is 52.3 Å². The van der Waals surface area contributed by atoms with E-state index in [1.165, 1.54) is 12.1 Å². The summed E-state index contributed by atoms with van der Waals surface area (Å²) in [6.07, 6.45) is 0.851. The van der Waals surface area contributed by atoms with E-state index in [4.69, 9.17) is 5.26 Å². The van der Waals surface area contributed by atoms with Crippen molar-refractivity contribution in [3.05, 3.63) is 69.1 Å². The van der Waals surface area contributed by atoms with Crippen molar-refractivity contribution in [2.24, 2.45) is 0 Å². The van der Waals surface area contributed by atoms with E-state index in [0.717, 1.165) is 17.6 Å². The molecule has 172 valence electrons. The highest BCUT2D eigenvalue weighted by molar-refractivity contribution is 9.11. The van der Waals surface area contributed by atoms with Crippen LogP contribution in [0.5, 0.6) is 5.75 Å². The Morgan fingerprint density at radius 1 is 1.30 bits per heavy atom. The van der Waals surface area contributed by atoms with Gasteiger partial charge in [-0.15, -0.1) is 0 Å². The van der Waals surface area contributed by atoms with Gasteiger partial charge >= 0.3 is 6.61 Å². The monoisotopic (exact) mass is 556 g/mol. The van der Waals surface area contributed by atoms with Crippen LogP contribution in [0, 0.1) is 11.3 Å². The van der Waals surface area contributed by atoms with Crippen molar-refractivity contribution >= 4 is 54.0 Å². The van der Waals surface area contributed by atoms with Crippen LogP contribution in [-0.4, -0.2) is 32.2 Å². The van der Waals surface area contributed by atoms with Gasteiger partial charge in [-0.2, -0.15) is 14.0 Å². The van der Waals surface area contributed by atoms with Crippen molar-refractivity contribution in [1.82, 2.24) is 9.71 Å². The third-order valence-electron chi connectivity index (χ3n) is 4.07. The normalized spacial score (nSPS) is 11.2. The molecule has 2 aromatic carbocycles. The minimum atomic E-state index is -3.80. The van der Waals surface area contributed by atoms with Gasteiger partial charge in [0.15, 0.2) is 10.8 Å². The highest BCUT2D eigenvalue weighted by atomic mass is 79.9. The fourth-order valence-corrected chi connectivity index (χ4v) is 4.70. The Labute approximate surface area is 200 Å². The summed E-state index contributed by atoms with van der Waals surface area (Å²) in [6, 6.07) is 14.7. The van der Waals surface area contributed by atoms with Crippen molar-refractivity contribution in [1.29, 1.82) is 5.26 Å². The van der Waals surface area contributed by atoms with Crippen molar-refractivity contribution < 1.29 is 26.7 Å². The maximum absolute atomic E-state index is 12.6. The number of rotatable bonds is 8. The molecule has 0 aliphatic rings. The molecule has 3 aromatic rings. The first-order valence-corrected chi connectivity index (χ1v) is 12.6. The van der Waals surface area contributed by atoms with Crippen LogP contribution >= 0.6 is 27.3 Å². The lowest BCUT2D eigenvalue weighted by Crippen LogP contribution is -2.30. The quantitative estimate of drug-likeness (QED) is 0.437. The van der Waals surface area contributed by atoms with Crippen molar-refractivity contribution in [2.75, 3.05) is 11.2 Å². The molecule has 1 heterocycles. The van der Waals surface area contributed by atoms with E-state index >= 15 is 0 Å². The topological polar surface area (TPSA) is 112 Å². The Bertz CT molecular complexity index is 1310. The van der Waals surface area contributed by atoms with Gasteiger partial charge in [0.05, 0.1) is 24.4 Å². The predicted molar refractivity (Wildman–Crippen MR) is 122 cm³/mol. The Hall–Kier alpha value is -3.08. The number of sulfonamides is 1. The summed E-state index contributed by atoms with van der Waals surface area (Å²) < 4.78 is 54.7. The first-order valence-electron chi connectivity index (χ1n) is 9.05. The molecule has 0 aliphatic heterocycles. The number of halogens is 3. The summed E-state index contributed by atoms with van der Waals surface area (Å²) in [6.45, 7) is -2.82. The van der Waals surface area contributed by atoms with Crippen LogP contribution in [0.3, 0.4) is 0 Å². The first kappa shape index (κ1) is 24.6.